The number of hydrogen-bond donors (Lipinski definition) is 1. The predicted octanol–water partition coefficient (Wildman–Crippen LogP) is 4.18. The molecule has 1 atom stereocenters. The maximum absolute atomic E-state index is 10.8. The SMILES string of the molecule is O=[N+]([O-])c1ccc(-c2ccc(CNCCCOCC3CCCO3)o2)c(Cl)c1. The Kier molecular flexibility index (Phi) is 7.23. The molecule has 0 saturated carbocycles. The summed E-state index contributed by atoms with van der Waals surface area (Å²) < 4.78 is 16.9. The van der Waals surface area contributed by atoms with Crippen LogP contribution in [0, 0.1) is 10.1 Å². The lowest BCUT2D eigenvalue weighted by Crippen LogP contribution is -2.18. The summed E-state index contributed by atoms with van der Waals surface area (Å²) in [5, 5.41) is 14.4. The Morgan fingerprint density at radius 1 is 1.33 bits per heavy atom. The van der Waals surface area contributed by atoms with Crippen LogP contribution in [0.15, 0.2) is 34.7 Å². The summed E-state index contributed by atoms with van der Waals surface area (Å²) in [7, 11) is 0. The minimum atomic E-state index is -0.475. The first kappa shape index (κ1) is 19.8. The highest BCUT2D eigenvalue weighted by Crippen LogP contribution is 2.32. The molecule has 0 spiro atoms. The second-order valence-corrected chi connectivity index (χ2v) is 6.83. The Morgan fingerprint density at radius 3 is 2.96 bits per heavy atom. The molecule has 0 aliphatic carbocycles. The molecular formula is C19H23ClN2O5. The quantitative estimate of drug-likeness (QED) is 0.369. The van der Waals surface area contributed by atoms with Crippen LogP contribution in [0.2, 0.25) is 5.02 Å². The number of benzene rings is 1. The molecule has 0 bridgehead atoms. The van der Waals surface area contributed by atoms with E-state index in [9.17, 15) is 10.1 Å². The number of nitro benzene ring substituents is 1. The van der Waals surface area contributed by atoms with Crippen molar-refractivity contribution >= 4 is 17.3 Å². The van der Waals surface area contributed by atoms with Crippen molar-refractivity contribution < 1.29 is 18.8 Å². The van der Waals surface area contributed by atoms with Gasteiger partial charge >= 0.3 is 0 Å². The molecular weight excluding hydrogens is 372 g/mol. The van der Waals surface area contributed by atoms with Gasteiger partial charge in [-0.05, 0) is 44.0 Å². The summed E-state index contributed by atoms with van der Waals surface area (Å²) in [6.07, 6.45) is 3.41. The largest absolute Gasteiger partial charge is 0.460 e. The second-order valence-electron chi connectivity index (χ2n) is 6.43. The van der Waals surface area contributed by atoms with Crippen LogP contribution >= 0.6 is 11.6 Å². The van der Waals surface area contributed by atoms with Crippen LogP contribution < -0.4 is 5.32 Å². The number of nitrogens with zero attached hydrogens (tertiary/aromatic N) is 1. The van der Waals surface area contributed by atoms with E-state index in [2.05, 4.69) is 5.32 Å². The van der Waals surface area contributed by atoms with E-state index in [1.54, 1.807) is 6.07 Å². The standard InChI is InChI=1S/C19H23ClN2O5/c20-18-11-14(22(23)24)4-6-17(18)19-7-5-15(27-19)12-21-8-2-9-25-13-16-3-1-10-26-16/h4-7,11,16,21H,1-3,8-10,12-13H2. The van der Waals surface area contributed by atoms with Crippen LogP contribution in [0.3, 0.4) is 0 Å². The first-order valence-corrected chi connectivity index (χ1v) is 9.44. The zero-order chi connectivity index (χ0) is 19.1. The third kappa shape index (κ3) is 5.77. The fraction of sp³-hybridized carbons (Fsp3) is 0.474. The zero-order valence-corrected chi connectivity index (χ0v) is 15.7. The second kappa shape index (κ2) is 9.85. The van der Waals surface area contributed by atoms with Gasteiger partial charge in [-0.25, -0.2) is 0 Å². The average molecular weight is 395 g/mol. The fourth-order valence-corrected chi connectivity index (χ4v) is 3.20. The molecule has 3 rings (SSSR count). The van der Waals surface area contributed by atoms with Crippen molar-refractivity contribution in [3.63, 3.8) is 0 Å². The Balaban J connectivity index is 1.38. The Labute approximate surface area is 162 Å². The van der Waals surface area contributed by atoms with Gasteiger partial charge in [0.15, 0.2) is 0 Å². The van der Waals surface area contributed by atoms with Crippen LogP contribution in [0.25, 0.3) is 11.3 Å². The summed E-state index contributed by atoms with van der Waals surface area (Å²) in [4.78, 5) is 10.3. The molecule has 1 fully saturated rings. The first-order valence-electron chi connectivity index (χ1n) is 9.06. The van der Waals surface area contributed by atoms with Gasteiger partial charge in [-0.15, -0.1) is 0 Å². The fourth-order valence-electron chi connectivity index (χ4n) is 2.94. The molecule has 2 heterocycles. The monoisotopic (exact) mass is 394 g/mol. The van der Waals surface area contributed by atoms with Gasteiger partial charge in [0.05, 0.1) is 29.2 Å². The smallest absolute Gasteiger partial charge is 0.270 e. The van der Waals surface area contributed by atoms with Crippen molar-refractivity contribution in [2.24, 2.45) is 0 Å². The maximum Gasteiger partial charge on any atom is 0.270 e. The molecule has 1 saturated heterocycles. The molecule has 1 unspecified atom stereocenters. The molecule has 1 aliphatic rings. The number of nitrogens with one attached hydrogen (secondary N) is 1. The normalized spacial score (nSPS) is 16.7. The van der Waals surface area contributed by atoms with Gasteiger partial charge < -0.3 is 19.2 Å². The third-order valence-electron chi connectivity index (χ3n) is 4.36. The topological polar surface area (TPSA) is 86.8 Å². The summed E-state index contributed by atoms with van der Waals surface area (Å²) in [5.41, 5.74) is 0.593. The zero-order valence-electron chi connectivity index (χ0n) is 15.0. The molecule has 1 aromatic carbocycles. The lowest BCUT2D eigenvalue weighted by molar-refractivity contribution is -0.384. The van der Waals surface area contributed by atoms with E-state index in [1.807, 2.05) is 12.1 Å². The summed E-state index contributed by atoms with van der Waals surface area (Å²) >= 11 is 6.14. The number of furan rings is 1. The van der Waals surface area contributed by atoms with Crippen LogP contribution in [0.1, 0.15) is 25.0 Å². The van der Waals surface area contributed by atoms with Crippen molar-refractivity contribution in [2.75, 3.05) is 26.4 Å². The van der Waals surface area contributed by atoms with Crippen LogP contribution in [0.5, 0.6) is 0 Å². The van der Waals surface area contributed by atoms with Crippen LogP contribution in [0.4, 0.5) is 5.69 Å². The van der Waals surface area contributed by atoms with Crippen LogP contribution in [-0.4, -0.2) is 37.4 Å². The average Bonchev–Trinajstić information content (AvgIpc) is 3.32. The summed E-state index contributed by atoms with van der Waals surface area (Å²) in [6, 6.07) is 8.02. The molecule has 8 heteroatoms. The van der Waals surface area contributed by atoms with E-state index in [4.69, 9.17) is 25.5 Å². The van der Waals surface area contributed by atoms with E-state index >= 15 is 0 Å². The highest BCUT2D eigenvalue weighted by atomic mass is 35.5. The lowest BCUT2D eigenvalue weighted by atomic mass is 10.1. The number of non-ortho nitro benzene ring substituents is 1. The Morgan fingerprint density at radius 2 is 2.22 bits per heavy atom. The van der Waals surface area contributed by atoms with Gasteiger partial charge in [-0.3, -0.25) is 10.1 Å². The van der Waals surface area contributed by atoms with E-state index in [0.29, 0.717) is 36.1 Å². The minimum Gasteiger partial charge on any atom is -0.460 e. The number of nitro groups is 1. The van der Waals surface area contributed by atoms with Crippen molar-refractivity contribution in [3.8, 4) is 11.3 Å². The van der Waals surface area contributed by atoms with Crippen molar-refractivity contribution in [2.45, 2.75) is 31.9 Å². The molecule has 2 aromatic rings. The molecule has 7 nitrogen and oxygen atoms in total. The molecule has 146 valence electrons. The van der Waals surface area contributed by atoms with Crippen molar-refractivity contribution in [1.29, 1.82) is 0 Å². The first-order chi connectivity index (χ1) is 13.1. The third-order valence-corrected chi connectivity index (χ3v) is 4.67. The highest BCUT2D eigenvalue weighted by molar-refractivity contribution is 6.33. The molecule has 1 aliphatic heterocycles. The predicted molar refractivity (Wildman–Crippen MR) is 102 cm³/mol. The highest BCUT2D eigenvalue weighted by Gasteiger charge is 2.15. The van der Waals surface area contributed by atoms with Gasteiger partial charge in [-0.1, -0.05) is 11.6 Å². The Bertz CT molecular complexity index is 758. The summed E-state index contributed by atoms with van der Waals surface area (Å²) in [5.74, 6) is 1.37. The molecule has 0 radical (unpaired) electrons. The number of halogens is 1. The van der Waals surface area contributed by atoms with Gasteiger partial charge in [0, 0.05) is 30.9 Å². The van der Waals surface area contributed by atoms with Crippen molar-refractivity contribution in [3.05, 3.63) is 51.2 Å². The van der Waals surface area contributed by atoms with Gasteiger partial charge in [0.2, 0.25) is 0 Å². The molecule has 0 amide bonds. The Hall–Kier alpha value is -1.93. The van der Waals surface area contributed by atoms with Gasteiger partial charge in [-0.2, -0.15) is 0 Å². The van der Waals surface area contributed by atoms with E-state index in [-0.39, 0.29) is 11.8 Å². The van der Waals surface area contributed by atoms with Gasteiger partial charge in [0.1, 0.15) is 11.5 Å². The molecule has 1 aromatic heterocycles. The van der Waals surface area contributed by atoms with E-state index in [1.165, 1.54) is 12.1 Å². The number of rotatable bonds is 10. The van der Waals surface area contributed by atoms with E-state index in [0.717, 1.165) is 38.2 Å². The summed E-state index contributed by atoms with van der Waals surface area (Å²) in [6.45, 7) is 3.65. The molecule has 1 N–H and O–H groups in total. The maximum atomic E-state index is 10.8. The number of ether oxygens (including phenoxy) is 2. The molecule has 27 heavy (non-hydrogen) atoms. The van der Waals surface area contributed by atoms with Crippen molar-refractivity contribution in [1.82, 2.24) is 5.32 Å². The minimum absolute atomic E-state index is 0.0427. The number of hydrogen-bond acceptors (Lipinski definition) is 6. The lowest BCUT2D eigenvalue weighted by Gasteiger charge is -2.10. The van der Waals surface area contributed by atoms with E-state index < -0.39 is 4.92 Å². The van der Waals surface area contributed by atoms with Crippen LogP contribution in [-0.2, 0) is 16.0 Å². The van der Waals surface area contributed by atoms with Gasteiger partial charge in [0.25, 0.3) is 5.69 Å².